The lowest BCUT2D eigenvalue weighted by Gasteiger charge is -2.08. The molecule has 0 aromatic carbocycles. The van der Waals surface area contributed by atoms with Gasteiger partial charge < -0.3 is 4.74 Å². The molecule has 0 aliphatic heterocycles. The third kappa shape index (κ3) is 10.5. The second kappa shape index (κ2) is 17.0. The Labute approximate surface area is 206 Å². The van der Waals surface area contributed by atoms with Gasteiger partial charge in [-0.05, 0) is 41.5 Å². The molecule has 0 amide bonds. The van der Waals surface area contributed by atoms with Crippen LogP contribution < -0.4 is 4.74 Å². The summed E-state index contributed by atoms with van der Waals surface area (Å²) in [5.41, 5.74) is 5.48. The molecule has 0 aromatic rings. The van der Waals surface area contributed by atoms with Gasteiger partial charge in [-0.2, -0.15) is 0 Å². The molecule has 2 rings (SSSR count). The molecule has 0 unspecified atom stereocenters. The van der Waals surface area contributed by atoms with Crippen molar-refractivity contribution in [2.75, 3.05) is 7.11 Å². The molecule has 33 heavy (non-hydrogen) atoms. The SMILES string of the molecule is CCCCCCCCCCCCCCCCCCc1ccc2cc(C(C)C)ccc(OC)c1-2. The summed E-state index contributed by atoms with van der Waals surface area (Å²) in [6.45, 7) is 6.81. The summed E-state index contributed by atoms with van der Waals surface area (Å²) >= 11 is 0. The predicted octanol–water partition coefficient (Wildman–Crippen LogP) is 10.7. The van der Waals surface area contributed by atoms with E-state index in [9.17, 15) is 0 Å². The predicted molar refractivity (Wildman–Crippen MR) is 147 cm³/mol. The van der Waals surface area contributed by atoms with Crippen LogP contribution in [-0.2, 0) is 6.42 Å². The zero-order valence-corrected chi connectivity index (χ0v) is 22.4. The number of hydrogen-bond acceptors (Lipinski definition) is 1. The van der Waals surface area contributed by atoms with E-state index in [-0.39, 0.29) is 0 Å². The Morgan fingerprint density at radius 3 is 1.64 bits per heavy atom. The first-order valence-electron chi connectivity index (χ1n) is 14.3. The van der Waals surface area contributed by atoms with Gasteiger partial charge in [0.05, 0.1) is 7.11 Å². The van der Waals surface area contributed by atoms with Crippen molar-refractivity contribution < 1.29 is 4.74 Å². The zero-order chi connectivity index (χ0) is 23.7. The third-order valence-corrected chi connectivity index (χ3v) is 7.26. The third-order valence-electron chi connectivity index (χ3n) is 7.26. The van der Waals surface area contributed by atoms with Gasteiger partial charge in [-0.15, -0.1) is 0 Å². The van der Waals surface area contributed by atoms with Crippen LogP contribution in [0.3, 0.4) is 0 Å². The van der Waals surface area contributed by atoms with Crippen molar-refractivity contribution in [3.05, 3.63) is 41.5 Å². The number of fused-ring (bicyclic) bond motifs is 1. The maximum Gasteiger partial charge on any atom is 0.126 e. The fraction of sp³-hybridized carbons (Fsp3) is 0.688. The molecule has 2 aliphatic carbocycles. The van der Waals surface area contributed by atoms with Gasteiger partial charge in [0.1, 0.15) is 5.75 Å². The Morgan fingerprint density at radius 1 is 0.636 bits per heavy atom. The number of rotatable bonds is 19. The lowest BCUT2D eigenvalue weighted by Crippen LogP contribution is -1.90. The van der Waals surface area contributed by atoms with Gasteiger partial charge >= 0.3 is 0 Å². The second-order valence-corrected chi connectivity index (χ2v) is 10.4. The minimum atomic E-state index is 0.531. The molecule has 1 heteroatoms. The van der Waals surface area contributed by atoms with E-state index in [1.807, 2.05) is 0 Å². The minimum Gasteiger partial charge on any atom is -0.496 e. The molecule has 0 fully saturated rings. The van der Waals surface area contributed by atoms with Crippen molar-refractivity contribution in [3.63, 3.8) is 0 Å². The quantitative estimate of drug-likeness (QED) is 0.193. The van der Waals surface area contributed by atoms with E-state index in [0.717, 1.165) is 5.75 Å². The molecule has 0 N–H and O–H groups in total. The van der Waals surface area contributed by atoms with E-state index in [2.05, 4.69) is 51.1 Å². The van der Waals surface area contributed by atoms with Crippen molar-refractivity contribution in [2.45, 2.75) is 136 Å². The number of ether oxygens (including phenoxy) is 1. The van der Waals surface area contributed by atoms with E-state index < -0.39 is 0 Å². The van der Waals surface area contributed by atoms with Crippen LogP contribution in [0.4, 0.5) is 0 Å². The topological polar surface area (TPSA) is 9.23 Å². The summed E-state index contributed by atoms with van der Waals surface area (Å²) < 4.78 is 5.75. The lowest BCUT2D eigenvalue weighted by atomic mass is 10.0. The molecule has 0 radical (unpaired) electrons. The molecular formula is C32H52O. The van der Waals surface area contributed by atoms with Gasteiger partial charge in [-0.3, -0.25) is 0 Å². The molecular weight excluding hydrogens is 400 g/mol. The van der Waals surface area contributed by atoms with Crippen LogP contribution in [0, 0.1) is 0 Å². The van der Waals surface area contributed by atoms with Crippen LogP contribution >= 0.6 is 0 Å². The van der Waals surface area contributed by atoms with E-state index in [1.54, 1.807) is 7.11 Å². The highest BCUT2D eigenvalue weighted by atomic mass is 16.5. The Bertz CT molecular complexity index is 717. The van der Waals surface area contributed by atoms with Crippen LogP contribution in [0.1, 0.15) is 141 Å². The van der Waals surface area contributed by atoms with Gasteiger partial charge in [-0.25, -0.2) is 0 Å². The Kier molecular flexibility index (Phi) is 14.3. The number of hydrogen-bond donors (Lipinski definition) is 0. The fourth-order valence-corrected chi connectivity index (χ4v) is 5.05. The van der Waals surface area contributed by atoms with Crippen LogP contribution in [0.25, 0.3) is 11.1 Å². The highest BCUT2D eigenvalue weighted by Crippen LogP contribution is 2.38. The molecule has 0 bridgehead atoms. The standard InChI is InChI=1S/C32H52O/c1-5-6-7-8-9-10-11-12-13-14-15-16-17-18-19-20-21-28-22-23-30-26-29(27(2)3)24-25-31(33-4)32(28)30/h22-27H,5-21H2,1-4H3. The summed E-state index contributed by atoms with van der Waals surface area (Å²) in [4.78, 5) is 0. The highest BCUT2D eigenvalue weighted by Gasteiger charge is 2.15. The minimum absolute atomic E-state index is 0.531. The molecule has 0 saturated carbocycles. The van der Waals surface area contributed by atoms with Crippen molar-refractivity contribution in [2.24, 2.45) is 0 Å². The molecule has 0 saturated heterocycles. The maximum atomic E-state index is 5.75. The van der Waals surface area contributed by atoms with Crippen molar-refractivity contribution in [3.8, 4) is 16.9 Å². The molecule has 186 valence electrons. The van der Waals surface area contributed by atoms with Gasteiger partial charge in [0.2, 0.25) is 0 Å². The monoisotopic (exact) mass is 452 g/mol. The average molecular weight is 453 g/mol. The molecule has 1 nitrogen and oxygen atoms in total. The largest absolute Gasteiger partial charge is 0.496 e. The fourth-order valence-electron chi connectivity index (χ4n) is 5.05. The van der Waals surface area contributed by atoms with Crippen molar-refractivity contribution in [1.29, 1.82) is 0 Å². The molecule has 0 heterocycles. The summed E-state index contributed by atoms with van der Waals surface area (Å²) in [5.74, 6) is 1.55. The summed E-state index contributed by atoms with van der Waals surface area (Å²) in [7, 11) is 1.80. The summed E-state index contributed by atoms with van der Waals surface area (Å²) in [6.07, 6.45) is 23.9. The molecule has 0 atom stereocenters. The first kappa shape index (κ1) is 27.7. The average Bonchev–Trinajstić information content (AvgIpc) is 3.10. The van der Waals surface area contributed by atoms with Crippen LogP contribution in [-0.4, -0.2) is 7.11 Å². The maximum absolute atomic E-state index is 5.75. The Morgan fingerprint density at radius 2 is 1.15 bits per heavy atom. The van der Waals surface area contributed by atoms with Gasteiger partial charge in [0.15, 0.2) is 0 Å². The second-order valence-electron chi connectivity index (χ2n) is 10.4. The van der Waals surface area contributed by atoms with E-state index in [4.69, 9.17) is 4.74 Å². The smallest absolute Gasteiger partial charge is 0.126 e. The van der Waals surface area contributed by atoms with Gasteiger partial charge in [0.25, 0.3) is 0 Å². The van der Waals surface area contributed by atoms with Crippen LogP contribution in [0.5, 0.6) is 5.75 Å². The lowest BCUT2D eigenvalue weighted by molar-refractivity contribution is 0.416. The van der Waals surface area contributed by atoms with Crippen LogP contribution in [0.2, 0.25) is 0 Å². The van der Waals surface area contributed by atoms with Crippen LogP contribution in [0.15, 0.2) is 30.3 Å². The molecule has 0 aromatic heterocycles. The molecule has 2 aliphatic rings. The first-order valence-corrected chi connectivity index (χ1v) is 14.3. The van der Waals surface area contributed by atoms with Crippen molar-refractivity contribution >= 4 is 0 Å². The number of methoxy groups -OCH3 is 1. The normalized spacial score (nSPS) is 11.5. The van der Waals surface area contributed by atoms with E-state index in [0.29, 0.717) is 5.92 Å². The summed E-state index contributed by atoms with van der Waals surface area (Å²) in [5, 5.41) is 0. The Balaban J connectivity index is 1.54. The number of aryl methyl sites for hydroxylation is 1. The number of unbranched alkanes of at least 4 members (excludes halogenated alkanes) is 15. The van der Waals surface area contributed by atoms with Gasteiger partial charge in [-0.1, -0.05) is 141 Å². The first-order chi connectivity index (χ1) is 16.2. The zero-order valence-electron chi connectivity index (χ0n) is 22.4. The highest BCUT2D eigenvalue weighted by molar-refractivity contribution is 5.77. The van der Waals surface area contributed by atoms with E-state index >= 15 is 0 Å². The van der Waals surface area contributed by atoms with Gasteiger partial charge in [0, 0.05) is 5.56 Å². The Hall–Kier alpha value is -1.50. The molecule has 0 spiro atoms. The van der Waals surface area contributed by atoms with E-state index in [1.165, 1.54) is 131 Å². The summed E-state index contributed by atoms with van der Waals surface area (Å²) in [6, 6.07) is 11.3. The van der Waals surface area contributed by atoms with Crippen molar-refractivity contribution in [1.82, 2.24) is 0 Å².